The summed E-state index contributed by atoms with van der Waals surface area (Å²) < 4.78 is 44.8. The van der Waals surface area contributed by atoms with Crippen molar-refractivity contribution < 1.29 is 122 Å². The van der Waals surface area contributed by atoms with E-state index in [1.165, 1.54) is 88.5 Å². The van der Waals surface area contributed by atoms with Gasteiger partial charge in [-0.3, -0.25) is 48.5 Å². The molecule has 658 valence electrons. The Balaban J connectivity index is 0.956. The highest BCUT2D eigenvalue weighted by Gasteiger charge is 2.54. The molecule has 5 aromatic rings. The maximum atomic E-state index is 16.6. The van der Waals surface area contributed by atoms with Gasteiger partial charge in [-0.1, -0.05) is 55.8 Å². The van der Waals surface area contributed by atoms with E-state index >= 15 is 28.8 Å². The second kappa shape index (κ2) is 36.3. The number of nitrogens with two attached hydrogens (primary N) is 1. The summed E-state index contributed by atoms with van der Waals surface area (Å²) in [5, 5.41) is 134. The third-order valence-electron chi connectivity index (χ3n) is 24.9. The fraction of sp³-hybridized carbons (Fsp3) is 0.541. The first-order chi connectivity index (χ1) is 58.0. The van der Waals surface area contributed by atoms with Crippen LogP contribution < -0.4 is 73.1 Å². The third kappa shape index (κ3) is 18.3. The number of phenols is 1. The molecule has 0 aromatic heterocycles. The quantitative estimate of drug-likeness (QED) is 0.0359. The van der Waals surface area contributed by atoms with Crippen LogP contribution in [-0.4, -0.2) is 224 Å². The van der Waals surface area contributed by atoms with Crippen molar-refractivity contribution >= 4 is 64.8 Å². The number of carbonyl (C=O) groups is 9. The van der Waals surface area contributed by atoms with Crippen LogP contribution in [0.3, 0.4) is 0 Å². The maximum absolute atomic E-state index is 16.6. The molecule has 5 aromatic carbocycles. The molecular weight excluding hydrogens is 1610 g/mol. The molecule has 12 aliphatic rings. The van der Waals surface area contributed by atoms with Gasteiger partial charge in [0.1, 0.15) is 90.1 Å². The van der Waals surface area contributed by atoms with Crippen LogP contribution in [0, 0.1) is 29.6 Å². The fourth-order valence-corrected chi connectivity index (χ4v) is 18.9. The van der Waals surface area contributed by atoms with Gasteiger partial charge in [0.15, 0.2) is 23.9 Å². The van der Waals surface area contributed by atoms with Gasteiger partial charge in [-0.05, 0) is 216 Å². The van der Waals surface area contributed by atoms with Crippen molar-refractivity contribution in [2.75, 3.05) is 33.9 Å². The molecule has 17 rings (SSSR count). The summed E-state index contributed by atoms with van der Waals surface area (Å²) >= 11 is 7.22. The molecule has 6 fully saturated rings. The lowest BCUT2D eigenvalue weighted by Gasteiger charge is -2.54. The summed E-state index contributed by atoms with van der Waals surface area (Å²) in [5.74, 6) is -15.3. The van der Waals surface area contributed by atoms with Crippen LogP contribution in [0.25, 0.3) is 11.1 Å². The minimum atomic E-state index is -2.98. The second-order valence-corrected chi connectivity index (χ2v) is 34.6. The monoisotopic (exact) mass is 1720 g/mol. The number of phenolic OH excluding ortho intramolecular Hbond substituents is 1. The van der Waals surface area contributed by atoms with Crippen LogP contribution in [-0.2, 0) is 67.9 Å². The zero-order valence-electron chi connectivity index (χ0n) is 68.1. The average Bonchev–Trinajstić information content (AvgIpc) is 1.56. The summed E-state index contributed by atoms with van der Waals surface area (Å²) in [4.78, 5) is 139. The molecule has 7 heterocycles. The molecule has 7 aliphatic heterocycles. The lowest BCUT2D eigenvalue weighted by atomic mass is 9.54. The van der Waals surface area contributed by atoms with Crippen molar-refractivity contribution in [3.05, 3.63) is 129 Å². The number of amides is 9. The molecule has 15 bridgehead atoms. The zero-order chi connectivity index (χ0) is 87.4. The smallest absolute Gasteiger partial charge is 0.255 e. The molecule has 37 heteroatoms. The Hall–Kier alpha value is -9.58. The normalized spacial score (nSPS) is 31.8. The highest BCUT2D eigenvalue weighted by atomic mass is 35.5. The number of hydrogen-bond donors (Lipinski definition) is 20. The molecule has 122 heavy (non-hydrogen) atoms. The van der Waals surface area contributed by atoms with Crippen molar-refractivity contribution in [3.8, 4) is 45.6 Å². The van der Waals surface area contributed by atoms with Crippen LogP contribution in [0.15, 0.2) is 84.9 Å². The predicted octanol–water partition coefficient (Wildman–Crippen LogP) is 0.959. The first-order valence-electron chi connectivity index (χ1n) is 41.2. The van der Waals surface area contributed by atoms with E-state index in [1.54, 1.807) is 7.05 Å². The fourth-order valence-electron chi connectivity index (χ4n) is 18.6. The van der Waals surface area contributed by atoms with Gasteiger partial charge in [0.25, 0.3) is 5.91 Å². The van der Waals surface area contributed by atoms with Crippen molar-refractivity contribution in [1.82, 2.24) is 53.2 Å². The number of ether oxygens (including phenoxy) is 7. The molecule has 21 N–H and O–H groups in total. The number of nitrogens with one attached hydrogen (secondary N) is 10. The number of benzene rings is 5. The average molecular weight is 1720 g/mol. The molecular formula is C85H106ClN11O25. The van der Waals surface area contributed by atoms with E-state index in [2.05, 4.69) is 53.2 Å². The van der Waals surface area contributed by atoms with Gasteiger partial charge in [-0.25, -0.2) is 0 Å². The predicted molar refractivity (Wildman–Crippen MR) is 430 cm³/mol. The van der Waals surface area contributed by atoms with E-state index in [0.29, 0.717) is 31.2 Å². The van der Waals surface area contributed by atoms with Gasteiger partial charge in [0.2, 0.25) is 65.1 Å². The summed E-state index contributed by atoms with van der Waals surface area (Å²) in [6, 6.07) is 2.67. The zero-order valence-corrected chi connectivity index (χ0v) is 68.9. The number of aliphatic hydroxyl groups is 8. The van der Waals surface area contributed by atoms with Crippen molar-refractivity contribution in [3.63, 3.8) is 0 Å². The number of halogens is 1. The minimum Gasteiger partial charge on any atom is -0.508 e. The minimum absolute atomic E-state index is 0.0832. The Morgan fingerprint density at radius 2 is 1.35 bits per heavy atom. The van der Waals surface area contributed by atoms with E-state index < -0.39 is 216 Å². The van der Waals surface area contributed by atoms with E-state index in [0.717, 1.165) is 56.4 Å². The van der Waals surface area contributed by atoms with Crippen LogP contribution in [0.2, 0.25) is 5.02 Å². The summed E-state index contributed by atoms with van der Waals surface area (Å²) in [6.45, 7) is 7.82. The largest absolute Gasteiger partial charge is 0.508 e. The Morgan fingerprint density at radius 1 is 0.689 bits per heavy atom. The first-order valence-corrected chi connectivity index (χ1v) is 41.6. The summed E-state index contributed by atoms with van der Waals surface area (Å²) in [7, 11) is 3.24. The van der Waals surface area contributed by atoms with Gasteiger partial charge < -0.3 is 133 Å². The molecule has 19 atom stereocenters. The molecule has 4 saturated carbocycles. The van der Waals surface area contributed by atoms with E-state index in [9.17, 15) is 60.3 Å². The SMILES string of the molecule is CNCCCCOC(C)C(=O)NC(=O)C[C@@H]1NC(=O)[C@H](NC(=O)[C@@H](CC(C)C)NC)[C@H](O)c2ccc(c(Cl)c2)Oc2cc3cc(c2O[C@@H]2O[C@H](CO)[C@@H](O)[C@H](O)[C@H]2O[C@H]2C[C@](C)(N)[C@H](O)[C@H](C)O2)Oc2ccc(cc2)[C@@H](O)[C@@H]2NC(=O)[C@H](NC(=O)[C@@H]3NC1=O)c1ccc3c(c1)-c1c(cc(O)cc1C3(O)O)[C@@H](C(=O)NC1C3CC4CC(C3)CC1C4)NC2=O. The Labute approximate surface area is 706 Å². The number of aromatic hydroxyl groups is 1. The standard InChI is InChI=1S/C85H106ClN11O25/c1-35(2)20-53(89-7)76(107)96-67-69(102)42-13-17-55(52(86)27-42)119-57-29-45-28-56(72(57)122-83-73(71(104)70(103)58(34-98)120-83)121-60-33-84(5,87)74(105)36(3)117-60)118-47-14-10-40(11-15-47)68(101)66-82(113)95-65(80(111)92-62-43-22-38-21-39(24-43)25-44(62)23-38)49-30-46(99)31-51-61(49)48-26-41(12-16-50(48)85(51,114)115)63(78(109)97-66)94-79(110)64(45)93-77(108)54(90-81(67)112)32-59(100)91-75(106)37(4)116-19-9-8-18-88-6/h10-17,26-31,35-39,43-44,53-54,58,60,62-71,73-74,83,88-89,98-99,101-105,114-115H,8-9,18-25,32-34,87H2,1-7H3,(H,90,112)(H,92,111)(H,93,108)(H,94,110)(H,95,113)(H,96,107)(H,97,109)(H,91,100,106)/t36-,37?,38?,39?,43?,44?,53+,54-,58+,60-,62?,63+,64+,65-,66-,67+,68+,69+,70+,71-,73+,74+,83-,84-/m0/s1. The maximum Gasteiger partial charge on any atom is 0.255 e. The highest BCUT2D eigenvalue weighted by molar-refractivity contribution is 6.32. The number of rotatable bonds is 21. The second-order valence-electron chi connectivity index (χ2n) is 34.2. The van der Waals surface area contributed by atoms with Gasteiger partial charge in [-0.15, -0.1) is 0 Å². The molecule has 0 radical (unpaired) electrons. The van der Waals surface area contributed by atoms with E-state index in [1.807, 2.05) is 13.8 Å². The lowest BCUT2D eigenvalue weighted by molar-refractivity contribution is -0.333. The number of carbonyl (C=O) groups excluding carboxylic acids is 9. The molecule has 2 saturated heterocycles. The number of imide groups is 1. The third-order valence-corrected chi connectivity index (χ3v) is 25.2. The van der Waals surface area contributed by atoms with Crippen LogP contribution >= 0.6 is 11.6 Å². The van der Waals surface area contributed by atoms with Crippen LogP contribution in [0.4, 0.5) is 0 Å². The van der Waals surface area contributed by atoms with Gasteiger partial charge in [0, 0.05) is 35.7 Å². The van der Waals surface area contributed by atoms with Gasteiger partial charge in [-0.2, -0.15) is 0 Å². The van der Waals surface area contributed by atoms with Crippen LogP contribution in [0.5, 0.6) is 34.5 Å². The molecule has 5 aliphatic carbocycles. The number of aliphatic hydroxyl groups excluding tert-OH is 6. The molecule has 9 amide bonds. The summed E-state index contributed by atoms with van der Waals surface area (Å²) in [5.41, 5.74) is 3.30. The molecule has 1 unspecified atom stereocenters. The Bertz CT molecular complexity index is 4800. The number of hydrogen-bond acceptors (Lipinski definition) is 28. The van der Waals surface area contributed by atoms with Crippen molar-refractivity contribution in [1.29, 1.82) is 0 Å². The van der Waals surface area contributed by atoms with Gasteiger partial charge >= 0.3 is 0 Å². The van der Waals surface area contributed by atoms with Gasteiger partial charge in [0.05, 0.1) is 36.3 Å². The first kappa shape index (κ1) is 88.7. The molecule has 0 spiro atoms. The number of unbranched alkanes of at least 4 members (excludes halogenated alkanes) is 1. The summed E-state index contributed by atoms with van der Waals surface area (Å²) in [6.07, 6.45) is -14.1. The van der Waals surface area contributed by atoms with E-state index in [-0.39, 0.29) is 104 Å². The Morgan fingerprint density at radius 3 is 2.02 bits per heavy atom. The lowest BCUT2D eigenvalue weighted by Crippen LogP contribution is -2.64. The number of likely N-dealkylation sites (N-methyl/N-ethyl adjacent to an activating group) is 1. The molecule has 36 nitrogen and oxygen atoms in total. The van der Waals surface area contributed by atoms with Crippen molar-refractivity contribution in [2.24, 2.45) is 35.3 Å². The van der Waals surface area contributed by atoms with E-state index in [4.69, 9.17) is 50.5 Å². The Kier molecular flexibility index (Phi) is 26.4. The van der Waals surface area contributed by atoms with Crippen molar-refractivity contribution in [2.45, 2.75) is 226 Å². The number of fused-ring (bicyclic) bond motifs is 12. The highest BCUT2D eigenvalue weighted by Crippen LogP contribution is 2.56. The van der Waals surface area contributed by atoms with Crippen LogP contribution in [0.1, 0.15) is 168 Å². The topological polar surface area (TPSA) is 547 Å².